The van der Waals surface area contributed by atoms with Gasteiger partial charge >= 0.3 is 0 Å². The number of hydrogen-bond acceptors (Lipinski definition) is 4. The normalized spacial score (nSPS) is 18.7. The molecule has 0 saturated heterocycles. The third-order valence-electron chi connectivity index (χ3n) is 2.14. The van der Waals surface area contributed by atoms with Gasteiger partial charge in [0.1, 0.15) is 12.4 Å². The molecule has 1 N–H and O–H groups in total. The largest absolute Gasteiger partial charge is 0.495 e. The van der Waals surface area contributed by atoms with E-state index in [-0.39, 0.29) is 12.7 Å². The minimum atomic E-state index is -0.302. The van der Waals surface area contributed by atoms with Crippen LogP contribution in [-0.2, 0) is 0 Å². The molecule has 1 aliphatic heterocycles. The van der Waals surface area contributed by atoms with Crippen LogP contribution in [0.4, 0.5) is 0 Å². The van der Waals surface area contributed by atoms with Gasteiger partial charge in [-0.3, -0.25) is 0 Å². The Morgan fingerprint density at radius 2 is 2.33 bits per heavy atom. The van der Waals surface area contributed by atoms with Crippen LogP contribution < -0.4 is 14.2 Å². The Labute approximate surface area is 95.9 Å². The average Bonchev–Trinajstić information content (AvgIpc) is 2.27. The van der Waals surface area contributed by atoms with E-state index < -0.39 is 0 Å². The number of ether oxygens (including phenoxy) is 3. The number of aliphatic hydroxyl groups is 1. The Bertz CT molecular complexity index is 367. The van der Waals surface area contributed by atoms with Gasteiger partial charge in [-0.1, -0.05) is 0 Å². The third-order valence-corrected chi connectivity index (χ3v) is 2.76. The molecule has 0 aromatic heterocycles. The Balaban J connectivity index is 2.33. The molecule has 0 saturated carbocycles. The van der Waals surface area contributed by atoms with Crippen LogP contribution in [0.25, 0.3) is 0 Å². The van der Waals surface area contributed by atoms with E-state index in [1.54, 1.807) is 19.2 Å². The predicted octanol–water partition coefficient (Wildman–Crippen LogP) is 1.59. The fraction of sp³-hybridized carbons (Fsp3) is 0.400. The van der Waals surface area contributed by atoms with Gasteiger partial charge in [-0.25, -0.2) is 0 Å². The molecule has 0 spiro atoms. The SMILES string of the molecule is COc1cc2c(cc1Br)OCC(CO)O2. The number of aliphatic hydroxyl groups excluding tert-OH is 1. The lowest BCUT2D eigenvalue weighted by Gasteiger charge is -2.25. The van der Waals surface area contributed by atoms with Crippen LogP contribution in [0.2, 0.25) is 0 Å². The highest BCUT2D eigenvalue weighted by molar-refractivity contribution is 9.10. The smallest absolute Gasteiger partial charge is 0.165 e. The molecule has 15 heavy (non-hydrogen) atoms. The molecule has 1 aromatic rings. The van der Waals surface area contributed by atoms with Crippen molar-refractivity contribution in [2.75, 3.05) is 20.3 Å². The first-order valence-electron chi connectivity index (χ1n) is 4.52. The number of hydrogen-bond donors (Lipinski definition) is 1. The first-order valence-corrected chi connectivity index (χ1v) is 5.31. The monoisotopic (exact) mass is 274 g/mol. The minimum absolute atomic E-state index is 0.0577. The molecule has 2 rings (SSSR count). The van der Waals surface area contributed by atoms with E-state index >= 15 is 0 Å². The lowest BCUT2D eigenvalue weighted by Crippen LogP contribution is -2.32. The Morgan fingerprint density at radius 1 is 1.53 bits per heavy atom. The first kappa shape index (κ1) is 10.6. The van der Waals surface area contributed by atoms with Crippen molar-refractivity contribution < 1.29 is 19.3 Å². The lowest BCUT2D eigenvalue weighted by atomic mass is 10.2. The number of fused-ring (bicyclic) bond motifs is 1. The highest BCUT2D eigenvalue weighted by atomic mass is 79.9. The highest BCUT2D eigenvalue weighted by Crippen LogP contribution is 2.40. The second-order valence-electron chi connectivity index (χ2n) is 3.17. The summed E-state index contributed by atoms with van der Waals surface area (Å²) in [6.07, 6.45) is -0.302. The first-order chi connectivity index (χ1) is 7.24. The molecule has 4 nitrogen and oxygen atoms in total. The zero-order valence-corrected chi connectivity index (χ0v) is 9.78. The van der Waals surface area contributed by atoms with Crippen LogP contribution in [0.15, 0.2) is 16.6 Å². The fourth-order valence-electron chi connectivity index (χ4n) is 1.36. The molecule has 1 aromatic carbocycles. The summed E-state index contributed by atoms with van der Waals surface area (Å²) in [7, 11) is 1.58. The molecule has 0 amide bonds. The van der Waals surface area contributed by atoms with Gasteiger partial charge < -0.3 is 19.3 Å². The predicted molar refractivity (Wildman–Crippen MR) is 57.7 cm³/mol. The number of benzene rings is 1. The molecule has 82 valence electrons. The lowest BCUT2D eigenvalue weighted by molar-refractivity contribution is 0.0453. The van der Waals surface area contributed by atoms with E-state index in [1.807, 2.05) is 0 Å². The standard InChI is InChI=1S/C10H11BrO4/c1-13-8-3-10-9(2-7(8)11)14-5-6(4-12)15-10/h2-3,6,12H,4-5H2,1H3. The number of rotatable bonds is 2. The second-order valence-corrected chi connectivity index (χ2v) is 4.02. The Morgan fingerprint density at radius 3 is 3.00 bits per heavy atom. The van der Waals surface area contributed by atoms with E-state index in [9.17, 15) is 0 Å². The third kappa shape index (κ3) is 2.03. The summed E-state index contributed by atoms with van der Waals surface area (Å²) in [6, 6.07) is 3.53. The van der Waals surface area contributed by atoms with Crippen molar-refractivity contribution in [1.29, 1.82) is 0 Å². The van der Waals surface area contributed by atoms with Crippen molar-refractivity contribution in [3.8, 4) is 17.2 Å². The highest BCUT2D eigenvalue weighted by Gasteiger charge is 2.22. The molecule has 1 atom stereocenters. The molecular weight excluding hydrogens is 264 g/mol. The van der Waals surface area contributed by atoms with E-state index in [0.29, 0.717) is 23.9 Å². The van der Waals surface area contributed by atoms with Crippen molar-refractivity contribution in [1.82, 2.24) is 0 Å². The fourth-order valence-corrected chi connectivity index (χ4v) is 1.85. The van der Waals surface area contributed by atoms with Crippen molar-refractivity contribution in [2.24, 2.45) is 0 Å². The van der Waals surface area contributed by atoms with Gasteiger partial charge in [0.2, 0.25) is 0 Å². The molecular formula is C10H11BrO4. The van der Waals surface area contributed by atoms with Crippen molar-refractivity contribution in [2.45, 2.75) is 6.10 Å². The van der Waals surface area contributed by atoms with Gasteiger partial charge in [0.25, 0.3) is 0 Å². The maximum Gasteiger partial charge on any atom is 0.165 e. The molecule has 0 fully saturated rings. The quantitative estimate of drug-likeness (QED) is 0.890. The molecule has 0 bridgehead atoms. The summed E-state index contributed by atoms with van der Waals surface area (Å²) in [6.45, 7) is 0.306. The Kier molecular flexibility index (Phi) is 3.02. The van der Waals surface area contributed by atoms with Crippen LogP contribution in [-0.4, -0.2) is 31.5 Å². The van der Waals surface area contributed by atoms with E-state index in [2.05, 4.69) is 15.9 Å². The minimum Gasteiger partial charge on any atom is -0.495 e. The summed E-state index contributed by atoms with van der Waals surface area (Å²) < 4.78 is 16.9. The zero-order chi connectivity index (χ0) is 10.8. The molecule has 0 aliphatic carbocycles. The van der Waals surface area contributed by atoms with Crippen LogP contribution >= 0.6 is 15.9 Å². The van der Waals surface area contributed by atoms with E-state index in [4.69, 9.17) is 19.3 Å². The summed E-state index contributed by atoms with van der Waals surface area (Å²) in [4.78, 5) is 0. The number of methoxy groups -OCH3 is 1. The topological polar surface area (TPSA) is 47.9 Å². The van der Waals surface area contributed by atoms with Crippen molar-refractivity contribution in [3.05, 3.63) is 16.6 Å². The van der Waals surface area contributed by atoms with Gasteiger partial charge in [-0.15, -0.1) is 0 Å². The molecule has 1 aliphatic rings. The summed E-state index contributed by atoms with van der Waals surface area (Å²) in [5.74, 6) is 1.93. The van der Waals surface area contributed by atoms with Crippen molar-refractivity contribution >= 4 is 15.9 Å². The maximum atomic E-state index is 8.95. The zero-order valence-electron chi connectivity index (χ0n) is 8.20. The number of halogens is 1. The van der Waals surface area contributed by atoms with Gasteiger partial charge in [-0.2, -0.15) is 0 Å². The van der Waals surface area contributed by atoms with Gasteiger partial charge in [0.15, 0.2) is 17.6 Å². The van der Waals surface area contributed by atoms with Gasteiger partial charge in [0, 0.05) is 12.1 Å². The summed E-state index contributed by atoms with van der Waals surface area (Å²) >= 11 is 3.36. The molecule has 1 unspecified atom stereocenters. The van der Waals surface area contributed by atoms with E-state index in [1.165, 1.54) is 0 Å². The molecule has 5 heteroatoms. The maximum absolute atomic E-state index is 8.95. The van der Waals surface area contributed by atoms with Crippen LogP contribution in [0.5, 0.6) is 17.2 Å². The molecule has 1 heterocycles. The van der Waals surface area contributed by atoms with Gasteiger partial charge in [-0.05, 0) is 15.9 Å². The Hall–Kier alpha value is -0.940. The second kappa shape index (κ2) is 4.28. The van der Waals surface area contributed by atoms with E-state index in [0.717, 1.165) is 4.47 Å². The molecule has 0 radical (unpaired) electrons. The summed E-state index contributed by atoms with van der Waals surface area (Å²) in [5.41, 5.74) is 0. The van der Waals surface area contributed by atoms with Crippen LogP contribution in [0, 0.1) is 0 Å². The van der Waals surface area contributed by atoms with Crippen LogP contribution in [0.1, 0.15) is 0 Å². The summed E-state index contributed by atoms with van der Waals surface area (Å²) in [5, 5.41) is 8.95. The van der Waals surface area contributed by atoms with Crippen molar-refractivity contribution in [3.63, 3.8) is 0 Å². The average molecular weight is 275 g/mol. The van der Waals surface area contributed by atoms with Gasteiger partial charge in [0.05, 0.1) is 18.2 Å². The van der Waals surface area contributed by atoms with Crippen LogP contribution in [0.3, 0.4) is 0 Å².